The van der Waals surface area contributed by atoms with Gasteiger partial charge in [-0.15, -0.1) is 0 Å². The topological polar surface area (TPSA) is 89.0 Å². The average Bonchev–Trinajstić information content (AvgIpc) is 3.32. The van der Waals surface area contributed by atoms with Crippen LogP contribution in [0.1, 0.15) is 21.6 Å². The molecular weight excluding hydrogens is 544 g/mol. The molecule has 1 N–H and O–H groups in total. The fraction of sp³-hybridized carbons (Fsp3) is 0.258. The lowest BCUT2D eigenvalue weighted by molar-refractivity contribution is 0.0766. The Morgan fingerprint density at radius 3 is 2.45 bits per heavy atom. The molecule has 0 spiro atoms. The quantitative estimate of drug-likeness (QED) is 0.309. The number of morpholine rings is 1. The first kappa shape index (κ1) is 27.4. The highest BCUT2D eigenvalue weighted by atomic mass is 19.1. The largest absolute Gasteiger partial charge is 0.497 e. The van der Waals surface area contributed by atoms with Crippen molar-refractivity contribution in [1.82, 2.24) is 14.9 Å². The predicted molar refractivity (Wildman–Crippen MR) is 153 cm³/mol. The van der Waals surface area contributed by atoms with Gasteiger partial charge in [0.15, 0.2) is 0 Å². The van der Waals surface area contributed by atoms with Crippen LogP contribution in [0.5, 0.6) is 11.5 Å². The molecule has 4 heterocycles. The zero-order valence-electron chi connectivity index (χ0n) is 23.2. The van der Waals surface area contributed by atoms with Crippen molar-refractivity contribution in [2.75, 3.05) is 50.7 Å². The lowest BCUT2D eigenvalue weighted by atomic mass is 10.1. The summed E-state index contributed by atoms with van der Waals surface area (Å²) in [4.78, 5) is 26.7. The number of amides is 1. The minimum atomic E-state index is -0.742. The second-order valence-corrected chi connectivity index (χ2v) is 9.94. The zero-order chi connectivity index (χ0) is 29.2. The summed E-state index contributed by atoms with van der Waals surface area (Å²) in [5, 5.41) is 3.26. The number of carbonyl (C=O) groups excluding carboxylic acids is 1. The summed E-state index contributed by atoms with van der Waals surface area (Å²) in [6.07, 6.45) is 1.67. The molecule has 2 aromatic carbocycles. The van der Waals surface area contributed by atoms with Crippen LogP contribution in [0.25, 0.3) is 11.3 Å². The summed E-state index contributed by atoms with van der Waals surface area (Å²) in [6, 6.07) is 14.3. The van der Waals surface area contributed by atoms with Gasteiger partial charge in [-0.1, -0.05) is 6.07 Å². The second kappa shape index (κ2) is 11.6. The Morgan fingerprint density at radius 1 is 0.976 bits per heavy atom. The highest BCUT2D eigenvalue weighted by Crippen LogP contribution is 2.37. The van der Waals surface area contributed by atoms with Crippen molar-refractivity contribution >= 4 is 23.1 Å². The van der Waals surface area contributed by atoms with E-state index >= 15 is 0 Å². The summed E-state index contributed by atoms with van der Waals surface area (Å²) in [5.74, 6) is 0.266. The van der Waals surface area contributed by atoms with E-state index in [1.807, 2.05) is 18.2 Å². The highest BCUT2D eigenvalue weighted by Gasteiger charge is 2.33. The molecule has 6 rings (SSSR count). The van der Waals surface area contributed by atoms with Gasteiger partial charge in [0, 0.05) is 24.7 Å². The van der Waals surface area contributed by atoms with Gasteiger partial charge in [0.2, 0.25) is 0 Å². The van der Waals surface area contributed by atoms with Crippen LogP contribution in [0, 0.1) is 11.6 Å². The Kier molecular flexibility index (Phi) is 7.58. The monoisotopic (exact) mass is 573 g/mol. The number of methoxy groups -OCH3 is 2. The molecule has 11 heteroatoms. The standard InChI is InChI=1S/C31H29F2N5O4/c1-40-21-8-6-19(27(14-21)41-2)17-38-18-26-30(31(38)39)25(15-24(36-26)29-22(32)4-3-5-23(29)33)35-20-7-9-28(34-16-20)37-10-12-42-13-11-37/h3-9,14-16H,10-13,17-18H2,1-2H3,(H,35,36). The van der Waals surface area contributed by atoms with Crippen LogP contribution in [0.15, 0.2) is 60.8 Å². The number of nitrogens with zero attached hydrogens (tertiary/aromatic N) is 4. The Bertz CT molecular complexity index is 1610. The van der Waals surface area contributed by atoms with Gasteiger partial charge in [-0.25, -0.2) is 18.7 Å². The first-order valence-corrected chi connectivity index (χ1v) is 13.5. The molecule has 0 bridgehead atoms. The molecule has 0 atom stereocenters. The lowest BCUT2D eigenvalue weighted by Crippen LogP contribution is -2.36. The number of ether oxygens (including phenoxy) is 3. The molecule has 0 aliphatic carbocycles. The summed E-state index contributed by atoms with van der Waals surface area (Å²) in [6.45, 7) is 3.16. The van der Waals surface area contributed by atoms with E-state index in [4.69, 9.17) is 14.2 Å². The highest BCUT2D eigenvalue weighted by molar-refractivity contribution is 6.04. The van der Waals surface area contributed by atoms with Crippen LogP contribution in [0.3, 0.4) is 0 Å². The average molecular weight is 574 g/mol. The number of pyridine rings is 2. The van der Waals surface area contributed by atoms with Crippen LogP contribution >= 0.6 is 0 Å². The van der Waals surface area contributed by atoms with Crippen LogP contribution in [-0.2, 0) is 17.8 Å². The van der Waals surface area contributed by atoms with Gasteiger partial charge < -0.3 is 29.3 Å². The van der Waals surface area contributed by atoms with Crippen LogP contribution < -0.4 is 19.7 Å². The minimum Gasteiger partial charge on any atom is -0.497 e. The lowest BCUT2D eigenvalue weighted by Gasteiger charge is -2.27. The third-order valence-electron chi connectivity index (χ3n) is 7.37. The van der Waals surface area contributed by atoms with Crippen molar-refractivity contribution in [2.45, 2.75) is 13.1 Å². The fourth-order valence-electron chi connectivity index (χ4n) is 5.24. The number of aromatic nitrogens is 2. The number of nitrogens with one attached hydrogen (secondary N) is 1. The first-order chi connectivity index (χ1) is 20.4. The third kappa shape index (κ3) is 5.30. The number of halogens is 2. The molecule has 0 saturated carbocycles. The maximum atomic E-state index is 14.8. The van der Waals surface area contributed by atoms with Gasteiger partial charge in [-0.3, -0.25) is 4.79 Å². The van der Waals surface area contributed by atoms with E-state index in [0.717, 1.165) is 24.5 Å². The van der Waals surface area contributed by atoms with Crippen molar-refractivity contribution < 1.29 is 27.8 Å². The molecule has 2 aliphatic heterocycles. The smallest absolute Gasteiger partial charge is 0.258 e. The van der Waals surface area contributed by atoms with E-state index in [0.29, 0.717) is 47.3 Å². The van der Waals surface area contributed by atoms with Gasteiger partial charge in [-0.2, -0.15) is 0 Å². The third-order valence-corrected chi connectivity index (χ3v) is 7.37. The maximum absolute atomic E-state index is 14.8. The number of hydrogen-bond acceptors (Lipinski definition) is 8. The molecule has 0 radical (unpaired) electrons. The van der Waals surface area contributed by atoms with E-state index in [2.05, 4.69) is 20.2 Å². The Labute approximate surface area is 241 Å². The number of anilines is 3. The molecule has 42 heavy (non-hydrogen) atoms. The molecule has 1 saturated heterocycles. The SMILES string of the molecule is COc1ccc(CN2Cc3nc(-c4c(F)cccc4F)cc(Nc4ccc(N5CCOCC5)nc4)c3C2=O)c(OC)c1. The molecule has 1 amide bonds. The summed E-state index contributed by atoms with van der Waals surface area (Å²) < 4.78 is 45.9. The molecule has 4 aromatic rings. The Hall–Kier alpha value is -4.77. The van der Waals surface area contributed by atoms with Crippen molar-refractivity contribution in [2.24, 2.45) is 0 Å². The van der Waals surface area contributed by atoms with E-state index in [1.165, 1.54) is 24.3 Å². The number of carbonyl (C=O) groups is 1. The molecule has 9 nitrogen and oxygen atoms in total. The summed E-state index contributed by atoms with van der Waals surface area (Å²) in [7, 11) is 3.12. The predicted octanol–water partition coefficient (Wildman–Crippen LogP) is 5.18. The molecule has 2 aliphatic rings. The van der Waals surface area contributed by atoms with Crippen molar-refractivity contribution in [3.05, 3.63) is 89.2 Å². The number of fused-ring (bicyclic) bond motifs is 1. The molecule has 1 fully saturated rings. The van der Waals surface area contributed by atoms with Gasteiger partial charge in [-0.05, 0) is 42.5 Å². The maximum Gasteiger partial charge on any atom is 0.258 e. The van der Waals surface area contributed by atoms with E-state index in [-0.39, 0.29) is 30.3 Å². The van der Waals surface area contributed by atoms with E-state index in [9.17, 15) is 13.6 Å². The molecular formula is C31H29F2N5O4. The van der Waals surface area contributed by atoms with E-state index < -0.39 is 11.6 Å². The molecule has 2 aromatic heterocycles. The Balaban J connectivity index is 1.35. The van der Waals surface area contributed by atoms with Crippen molar-refractivity contribution in [1.29, 1.82) is 0 Å². The van der Waals surface area contributed by atoms with Gasteiger partial charge in [0.1, 0.15) is 29.0 Å². The van der Waals surface area contributed by atoms with Gasteiger partial charge in [0.25, 0.3) is 5.91 Å². The summed E-state index contributed by atoms with van der Waals surface area (Å²) >= 11 is 0. The van der Waals surface area contributed by atoms with Crippen LogP contribution in [-0.4, -0.2) is 61.3 Å². The van der Waals surface area contributed by atoms with Gasteiger partial charge >= 0.3 is 0 Å². The van der Waals surface area contributed by atoms with Crippen molar-refractivity contribution in [3.63, 3.8) is 0 Å². The van der Waals surface area contributed by atoms with Crippen LogP contribution in [0.2, 0.25) is 0 Å². The minimum absolute atomic E-state index is 0.0847. The normalized spacial score (nSPS) is 14.6. The zero-order valence-corrected chi connectivity index (χ0v) is 23.2. The Morgan fingerprint density at radius 2 is 1.76 bits per heavy atom. The first-order valence-electron chi connectivity index (χ1n) is 13.5. The molecule has 0 unspecified atom stereocenters. The van der Waals surface area contributed by atoms with Crippen molar-refractivity contribution in [3.8, 4) is 22.8 Å². The summed E-state index contributed by atoms with van der Waals surface area (Å²) in [5.41, 5.74) is 2.34. The molecule has 216 valence electrons. The second-order valence-electron chi connectivity index (χ2n) is 9.94. The number of rotatable bonds is 8. The fourth-order valence-corrected chi connectivity index (χ4v) is 5.24. The van der Waals surface area contributed by atoms with Crippen LogP contribution in [0.4, 0.5) is 26.0 Å². The van der Waals surface area contributed by atoms with E-state index in [1.54, 1.807) is 37.4 Å². The number of hydrogen-bond donors (Lipinski definition) is 1. The number of benzene rings is 2. The van der Waals surface area contributed by atoms with Gasteiger partial charge in [0.05, 0.1) is 80.6 Å².